The fraction of sp³-hybridized carbons (Fsp3) is 0. The predicted molar refractivity (Wildman–Crippen MR) is 43.9 cm³/mol. The molecule has 10 heavy (non-hydrogen) atoms. The van der Waals surface area contributed by atoms with Crippen molar-refractivity contribution in [2.75, 3.05) is 0 Å². The Labute approximate surface area is 67.1 Å². The molecule has 0 heterocycles. The van der Waals surface area contributed by atoms with Gasteiger partial charge in [-0.25, -0.2) is 0 Å². The van der Waals surface area contributed by atoms with Gasteiger partial charge >= 0.3 is 0 Å². The molecule has 0 atom stereocenters. The summed E-state index contributed by atoms with van der Waals surface area (Å²) in [6, 6.07) is 4.10. The zero-order valence-electron chi connectivity index (χ0n) is 10.2. The monoisotopic (exact) mass is 133 g/mol. The summed E-state index contributed by atoms with van der Waals surface area (Å²) < 4.78 is 37.9. The molecule has 0 nitrogen and oxygen atoms in total. The fourth-order valence-corrected chi connectivity index (χ4v) is 0.837. The van der Waals surface area contributed by atoms with Crippen molar-refractivity contribution >= 4 is 10.8 Å². The largest absolute Gasteiger partial charge is 0.0629 e. The lowest BCUT2D eigenvalue weighted by molar-refractivity contribution is 1.75. The van der Waals surface area contributed by atoms with Gasteiger partial charge < -0.3 is 0 Å². The van der Waals surface area contributed by atoms with Crippen LogP contribution in [0.15, 0.2) is 48.4 Å². The zero-order chi connectivity index (χ0) is 11.2. The van der Waals surface area contributed by atoms with Gasteiger partial charge in [0.15, 0.2) is 0 Å². The van der Waals surface area contributed by atoms with E-state index in [2.05, 4.69) is 0 Å². The molecule has 2 rings (SSSR count). The Kier molecular flexibility index (Phi) is 0.512. The maximum atomic E-state index is 7.66. The van der Waals surface area contributed by atoms with Crippen LogP contribution in [-0.2, 0) is 0 Å². The van der Waals surface area contributed by atoms with Gasteiger partial charge in [0.1, 0.15) is 0 Å². The van der Waals surface area contributed by atoms with Crippen molar-refractivity contribution in [3.8, 4) is 0 Å². The summed E-state index contributed by atoms with van der Waals surface area (Å²) >= 11 is 0. The Balaban J connectivity index is 3.08. The minimum Gasteiger partial charge on any atom is -0.0616 e. The molecule has 0 N–H and O–H groups in total. The first kappa shape index (κ1) is 2.39. The minimum absolute atomic E-state index is 0.0832. The molecule has 0 fully saturated rings. The van der Waals surface area contributed by atoms with Gasteiger partial charge in [0.2, 0.25) is 0 Å². The molecule has 0 radical (unpaired) electrons. The van der Waals surface area contributed by atoms with Crippen molar-refractivity contribution in [2.24, 2.45) is 0 Å². The Morgan fingerprint density at radius 3 is 2.60 bits per heavy atom. The number of fused-ring (bicyclic) bond motifs is 1. The normalized spacial score (nSPS) is 17.0. The van der Waals surface area contributed by atoms with Crippen molar-refractivity contribution in [2.45, 2.75) is 0 Å². The average molecular weight is 133 g/mol. The smallest absolute Gasteiger partial charge is 0.0616 e. The van der Waals surface area contributed by atoms with Crippen LogP contribution in [0.5, 0.6) is 0 Å². The topological polar surface area (TPSA) is 0 Å². The highest BCUT2D eigenvalue weighted by Crippen LogP contribution is 2.11. The van der Waals surface area contributed by atoms with Gasteiger partial charge in [0.25, 0.3) is 0 Å². The van der Waals surface area contributed by atoms with Crippen molar-refractivity contribution in [1.29, 1.82) is 0 Å². The summed E-state index contributed by atoms with van der Waals surface area (Å²) in [5.74, 6) is 0. The third-order valence-electron chi connectivity index (χ3n) is 1.30. The number of rotatable bonds is 0. The van der Waals surface area contributed by atoms with Crippen LogP contribution in [-0.4, -0.2) is 0 Å². The van der Waals surface area contributed by atoms with Crippen molar-refractivity contribution in [1.82, 2.24) is 0 Å². The standard InChI is InChI=1S/C10H8/c1-2-6-10-8-4-3-7-9(10)5-1/h1-8H/i1D,2D,5D,6D,7D. The Hall–Kier alpha value is -1.30. The molecule has 48 valence electrons. The van der Waals surface area contributed by atoms with Crippen LogP contribution in [0.1, 0.15) is 6.85 Å². The summed E-state index contributed by atoms with van der Waals surface area (Å²) in [6.07, 6.45) is 0. The molecule has 0 unspecified atom stereocenters. The minimum atomic E-state index is -0.285. The number of hydrogen-bond acceptors (Lipinski definition) is 0. The van der Waals surface area contributed by atoms with Gasteiger partial charge in [0, 0.05) is 0 Å². The van der Waals surface area contributed by atoms with Gasteiger partial charge in [-0.05, 0) is 10.8 Å². The third kappa shape index (κ3) is 0.781. The second-order valence-electron chi connectivity index (χ2n) is 1.96. The maximum absolute atomic E-state index is 7.66. The lowest BCUT2D eigenvalue weighted by atomic mass is 10.1. The summed E-state index contributed by atoms with van der Waals surface area (Å²) in [6.45, 7) is 0. The van der Waals surface area contributed by atoms with E-state index in [9.17, 15) is 0 Å². The molecule has 0 aliphatic heterocycles. The van der Waals surface area contributed by atoms with Crippen molar-refractivity contribution in [3.05, 3.63) is 48.4 Å². The van der Waals surface area contributed by atoms with E-state index in [1.807, 2.05) is 0 Å². The third-order valence-corrected chi connectivity index (χ3v) is 1.30. The van der Waals surface area contributed by atoms with E-state index in [-0.39, 0.29) is 35.6 Å². The highest BCUT2D eigenvalue weighted by Gasteiger charge is 1.85. The molecule has 0 aliphatic rings. The van der Waals surface area contributed by atoms with E-state index in [1.54, 1.807) is 12.1 Å². The van der Waals surface area contributed by atoms with Crippen LogP contribution in [0, 0.1) is 0 Å². The molecule has 0 aromatic heterocycles. The van der Waals surface area contributed by atoms with Gasteiger partial charge in [0.05, 0.1) is 6.85 Å². The lowest BCUT2D eigenvalue weighted by Crippen LogP contribution is -1.67. The molecule has 2 aromatic carbocycles. The van der Waals surface area contributed by atoms with E-state index in [0.717, 1.165) is 0 Å². The van der Waals surface area contributed by atoms with E-state index in [1.165, 1.54) is 6.07 Å². The number of hydrogen-bond donors (Lipinski definition) is 0. The summed E-state index contributed by atoms with van der Waals surface area (Å²) in [5.41, 5.74) is 0. The van der Waals surface area contributed by atoms with E-state index in [0.29, 0.717) is 5.39 Å². The summed E-state index contributed by atoms with van der Waals surface area (Å²) in [4.78, 5) is 0. The lowest BCUT2D eigenvalue weighted by Gasteiger charge is -1.92. The fourth-order valence-electron chi connectivity index (χ4n) is 0.837. The van der Waals surface area contributed by atoms with Crippen LogP contribution in [0.2, 0.25) is 0 Å². The SMILES string of the molecule is [2H]c1c([2H])c([2H])c2c([2H])cccc2c1[2H]. The van der Waals surface area contributed by atoms with E-state index in [4.69, 9.17) is 6.85 Å². The predicted octanol–water partition coefficient (Wildman–Crippen LogP) is 2.84. The molecule has 0 bridgehead atoms. The summed E-state index contributed by atoms with van der Waals surface area (Å²) in [5, 5.41) is 0.678. The Morgan fingerprint density at radius 2 is 1.70 bits per heavy atom. The van der Waals surface area contributed by atoms with Crippen molar-refractivity contribution in [3.63, 3.8) is 0 Å². The highest BCUT2D eigenvalue weighted by molar-refractivity contribution is 5.81. The molecule has 0 saturated carbocycles. The van der Waals surface area contributed by atoms with Crippen LogP contribution >= 0.6 is 0 Å². The zero-order valence-corrected chi connectivity index (χ0v) is 5.23. The maximum Gasteiger partial charge on any atom is 0.0629 e. The van der Waals surface area contributed by atoms with Crippen molar-refractivity contribution < 1.29 is 6.85 Å². The first-order chi connectivity index (χ1) is 7.04. The number of benzene rings is 2. The van der Waals surface area contributed by atoms with Gasteiger partial charge in [-0.15, -0.1) is 0 Å². The van der Waals surface area contributed by atoms with E-state index < -0.39 is 0 Å². The second-order valence-corrected chi connectivity index (χ2v) is 1.96. The van der Waals surface area contributed by atoms with Gasteiger partial charge in [-0.2, -0.15) is 0 Å². The molecule has 2 aromatic rings. The van der Waals surface area contributed by atoms with Gasteiger partial charge in [-0.3, -0.25) is 0 Å². The quantitative estimate of drug-likeness (QED) is 0.518. The molecular formula is C10H8. The van der Waals surface area contributed by atoms with Crippen LogP contribution in [0.3, 0.4) is 0 Å². The average Bonchev–Trinajstić information content (AvgIpc) is 2.23. The molecule has 0 amide bonds. The molecular weight excluding hydrogens is 120 g/mol. The highest BCUT2D eigenvalue weighted by atomic mass is 13.9. The first-order valence-electron chi connectivity index (χ1n) is 5.49. The van der Waals surface area contributed by atoms with Crippen LogP contribution in [0.4, 0.5) is 0 Å². The molecule has 0 heteroatoms. The van der Waals surface area contributed by atoms with E-state index >= 15 is 0 Å². The Bertz CT molecular complexity index is 547. The summed E-state index contributed by atoms with van der Waals surface area (Å²) in [7, 11) is 0. The molecule has 0 spiro atoms. The Morgan fingerprint density at radius 1 is 0.900 bits per heavy atom. The molecule has 0 saturated heterocycles. The second kappa shape index (κ2) is 2.14. The van der Waals surface area contributed by atoms with Gasteiger partial charge in [-0.1, -0.05) is 48.4 Å². The first-order valence-corrected chi connectivity index (χ1v) is 2.99. The molecule has 0 aliphatic carbocycles. The van der Waals surface area contributed by atoms with Crippen LogP contribution < -0.4 is 0 Å². The van der Waals surface area contributed by atoms with Crippen LogP contribution in [0.25, 0.3) is 10.8 Å².